The van der Waals surface area contributed by atoms with E-state index in [0.717, 1.165) is 60.7 Å². The summed E-state index contributed by atoms with van der Waals surface area (Å²) in [4.78, 5) is 66.9. The fraction of sp³-hybridized carbons (Fsp3) is 0. The Bertz CT molecular complexity index is 8830. The number of anilines is 6. The van der Waals surface area contributed by atoms with E-state index in [1.807, 2.05) is 0 Å². The number of benzene rings is 16. The van der Waals surface area contributed by atoms with Crippen LogP contribution in [-0.4, -0.2) is 160 Å². The van der Waals surface area contributed by atoms with E-state index in [-0.39, 0.29) is 181 Å². The molecular formula is C95H71KN14O33S6. The van der Waals surface area contributed by atoms with Crippen molar-refractivity contribution < 1.29 is 204 Å². The molecule has 0 saturated carbocycles. The maximum absolute atomic E-state index is 13.1. The first kappa shape index (κ1) is 111. The number of phenolic OH excluding ortho intramolecular Hbond substituents is 6. The van der Waals surface area contributed by atoms with Crippen molar-refractivity contribution >= 4 is 253 Å². The third-order valence-corrected chi connectivity index (χ3v) is 26.0. The van der Waals surface area contributed by atoms with Gasteiger partial charge in [-0.3, -0.25) is 27.3 Å². The summed E-state index contributed by atoms with van der Waals surface area (Å²) in [6.07, 6.45) is 4.55. The topological polar surface area (TPSA) is 782 Å². The number of phenols is 6. The summed E-state index contributed by atoms with van der Waals surface area (Å²) in [5.41, 5.74) is 0.600. The Balaban J connectivity index is 0.000000204. The molecule has 54 heteroatoms. The van der Waals surface area contributed by atoms with Crippen molar-refractivity contribution in [2.45, 2.75) is 29.4 Å². The molecule has 149 heavy (non-hydrogen) atoms. The largest absolute Gasteiger partial charge is 1.00 e. The molecule has 0 aromatic heterocycles. The third kappa shape index (κ3) is 27.6. The van der Waals surface area contributed by atoms with Crippen LogP contribution in [0.3, 0.4) is 0 Å². The van der Waals surface area contributed by atoms with E-state index >= 15 is 0 Å². The smallest absolute Gasteiger partial charge is 0.507 e. The molecule has 0 aliphatic rings. The number of carboxylic acid groups (broad SMARTS) is 3. The fourth-order valence-electron chi connectivity index (χ4n) is 14.1. The number of hydrogen-bond acceptors (Lipinski definition) is 32. The van der Waals surface area contributed by atoms with Crippen LogP contribution in [0.2, 0.25) is 0 Å². The molecule has 21 N–H and O–H groups in total. The van der Waals surface area contributed by atoms with Gasteiger partial charge < -0.3 is 85.3 Å². The molecule has 0 unspecified atom stereocenters. The van der Waals surface area contributed by atoms with Crippen LogP contribution in [-0.2, 0) is 70.3 Å². The Morgan fingerprint density at radius 3 is 0.711 bits per heavy atom. The molecule has 47 nitrogen and oxygen atoms in total. The van der Waals surface area contributed by atoms with Crippen LogP contribution in [0.5, 0.6) is 34.5 Å². The summed E-state index contributed by atoms with van der Waals surface area (Å²) in [7, 11) is -29.0. The number of fused-ring (bicyclic) bond motifs is 6. The minimum absolute atomic E-state index is 0. The number of aromatic hydroxyl groups is 6. The van der Waals surface area contributed by atoms with Crippen molar-refractivity contribution in [3.05, 3.63) is 297 Å². The van der Waals surface area contributed by atoms with Crippen molar-refractivity contribution in [2.75, 3.05) is 31.9 Å². The molecule has 0 bridgehead atoms. The third-order valence-electron chi connectivity index (χ3n) is 20.8. The van der Waals surface area contributed by atoms with E-state index in [1.165, 1.54) is 194 Å². The van der Waals surface area contributed by atoms with Gasteiger partial charge in [-0.1, -0.05) is 42.5 Å². The number of azo groups is 4. The molecule has 0 fully saturated rings. The van der Waals surface area contributed by atoms with Gasteiger partial charge in [0.1, 0.15) is 53.8 Å². The zero-order valence-corrected chi connectivity index (χ0v) is 83.7. The van der Waals surface area contributed by atoms with Gasteiger partial charge in [-0.25, -0.2) is 28.8 Å². The number of nitrogens with zero attached hydrogens (tertiary/aromatic N) is 8. The van der Waals surface area contributed by atoms with Crippen LogP contribution >= 0.6 is 0 Å². The number of carbonyl (C=O) groups excluding carboxylic acids is 3. The summed E-state index contributed by atoms with van der Waals surface area (Å²) < 4.78 is 202. The predicted octanol–water partition coefficient (Wildman–Crippen LogP) is 17.6. The van der Waals surface area contributed by atoms with Crippen LogP contribution in [0.15, 0.2) is 343 Å². The first-order chi connectivity index (χ1) is 69.2. The van der Waals surface area contributed by atoms with Crippen molar-refractivity contribution in [3.8, 4) is 34.5 Å². The number of urea groups is 3. The van der Waals surface area contributed by atoms with Crippen molar-refractivity contribution in [1.82, 2.24) is 0 Å². The summed E-state index contributed by atoms with van der Waals surface area (Å²) in [6.45, 7) is 0. The van der Waals surface area contributed by atoms with Crippen LogP contribution in [0.1, 0.15) is 21.5 Å². The Morgan fingerprint density at radius 2 is 0.483 bits per heavy atom. The first-order valence-electron chi connectivity index (χ1n) is 41.1. The van der Waals surface area contributed by atoms with Gasteiger partial charge in [0.05, 0.1) is 38.1 Å². The van der Waals surface area contributed by atoms with Gasteiger partial charge in [0.25, 0.3) is 60.7 Å². The van der Waals surface area contributed by atoms with Gasteiger partial charge in [0, 0.05) is 90.7 Å². The molecule has 0 aliphatic heterocycles. The molecule has 16 aromatic rings. The number of aromatic carboxylic acids is 1. The van der Waals surface area contributed by atoms with E-state index in [4.69, 9.17) is 15.3 Å². The number of carbonyl (C=O) groups is 6. The number of hydrogen-bond donors (Lipinski definition) is 21. The zero-order chi connectivity index (χ0) is 106. The number of rotatable bonds is 25. The second-order valence-corrected chi connectivity index (χ2v) is 39.3. The molecule has 0 radical (unpaired) electrons. The van der Waals surface area contributed by atoms with E-state index < -0.39 is 172 Å². The molecule has 0 heterocycles. The average Bonchev–Trinajstić information content (AvgIpc) is 0.759. The Hall–Kier alpha value is -16.9. The molecule has 756 valence electrons. The minimum Gasteiger partial charge on any atom is -0.507 e. The van der Waals surface area contributed by atoms with E-state index in [0.29, 0.717) is 27.6 Å². The first-order valence-corrected chi connectivity index (χ1v) is 49.8. The number of nitrogens with one attached hydrogen (secondary N) is 6. The van der Waals surface area contributed by atoms with Gasteiger partial charge >= 0.3 is 87.4 Å². The standard InChI is InChI=1S/C39H28N6O13S2.C34H24N6O11S2.C21H16N2O9S2.CH3.K/c46-33(47)15-5-21-1-7-25(8-2-21)42-44-35-31(59(53,54)55)19-23-17-27(11-13-29(23)37(35)50)40-39(52)41-28-12-14-30-24(18-28)20-32(60(56,57)58)36(38(30)51)45-43-26-9-3-22(4-10-26)6-16-34(48)49;41-31-25-12-10-23(14-19(25)16-27(52(46,47)48)29(31)39-37-21-4-2-1-3-5-21)35-34(45)36-24-11-13-26-20(15-24)17-28(53(49,50)51)30(32(26)42)40-38-22-8-6-18(7-9-22)33(43)44;24-19-9-15(33(27,28)29)7-11-5-13(1-3-17(11)19)22-21(26)23-14-2-4-18-12(6-14)8-16(10-20(18)25)34(30,31)32;;/h1-20,50-51H,(H,46,47)(H,48,49)(H2,40,41,52)(H,53,54,55)(H,56,57,58);1-17,41-42H,(H,43,44)(H2,35,36,45)(H,46,47,48)(H,49,50,51);1-10,24-25H,(H2,22,23,26)(H,27,28,29)(H,30,31,32);1H3;/q;;;-1;+1/b15-5+,16-6+,44-42?,45-43?;;;;. The maximum atomic E-state index is 13.1. The molecule has 0 atom stereocenters. The Morgan fingerprint density at radius 1 is 0.255 bits per heavy atom. The Labute approximate surface area is 883 Å². The zero-order valence-electron chi connectivity index (χ0n) is 75.7. The molecule has 0 saturated heterocycles. The van der Waals surface area contributed by atoms with Crippen LogP contribution in [0.25, 0.3) is 76.8 Å². The van der Waals surface area contributed by atoms with Crippen LogP contribution < -0.4 is 83.3 Å². The summed E-state index contributed by atoms with van der Waals surface area (Å²) >= 11 is 0. The predicted molar refractivity (Wildman–Crippen MR) is 540 cm³/mol. The summed E-state index contributed by atoms with van der Waals surface area (Å²) in [5.74, 6) is -6.77. The van der Waals surface area contributed by atoms with Crippen molar-refractivity contribution in [2.24, 2.45) is 40.9 Å². The van der Waals surface area contributed by atoms with Crippen LogP contribution in [0, 0.1) is 7.43 Å². The van der Waals surface area contributed by atoms with E-state index in [9.17, 15) is 137 Å². The van der Waals surface area contributed by atoms with Gasteiger partial charge in [-0.15, -0.1) is 20.5 Å². The van der Waals surface area contributed by atoms with E-state index in [1.54, 1.807) is 30.3 Å². The Kier molecular flexibility index (Phi) is 33.8. The summed E-state index contributed by atoms with van der Waals surface area (Å²) in [6, 6.07) is 55.9. The number of amides is 6. The normalized spacial score (nSPS) is 12.0. The molecule has 0 aliphatic carbocycles. The van der Waals surface area contributed by atoms with Crippen molar-refractivity contribution in [3.63, 3.8) is 0 Å². The minimum atomic E-state index is -4.99. The second-order valence-electron chi connectivity index (χ2n) is 30.9. The second kappa shape index (κ2) is 45.4. The molecule has 16 aromatic carbocycles. The summed E-state index contributed by atoms with van der Waals surface area (Å²) in [5, 5.41) is 138. The maximum Gasteiger partial charge on any atom is 1.00 e. The van der Waals surface area contributed by atoms with E-state index in [2.05, 4.69) is 72.8 Å². The molecular weight excluding hydrogens is 2100 g/mol. The van der Waals surface area contributed by atoms with Crippen molar-refractivity contribution in [1.29, 1.82) is 0 Å². The van der Waals surface area contributed by atoms with Gasteiger partial charge in [0.15, 0.2) is 23.0 Å². The molecule has 6 amide bonds. The van der Waals surface area contributed by atoms with Crippen LogP contribution in [0.4, 0.5) is 94.0 Å². The quantitative estimate of drug-likeness (QED) is 0.00830. The monoisotopic (exact) mass is 2170 g/mol. The van der Waals surface area contributed by atoms with Gasteiger partial charge in [-0.2, -0.15) is 71.0 Å². The SMILES string of the molecule is O=C(Nc1ccc2c(O)c(N=Nc3ccccc3)c(S(=O)(=O)O)cc2c1)Nc1ccc2c(O)c(N=Nc3ccc(C(=O)O)cc3)c(S(=O)(=O)O)cc2c1.O=C(Nc1ccc2c(O)cc(S(=O)(=O)O)cc2c1)Nc1ccc2c(O)cc(S(=O)(=O)O)cc2c1.O=C(O)/C=C/c1ccc(N=Nc2c(S(=O)(=O)O)cc3cc(NC(=O)Nc4ccc5c(O)c(N=Nc6ccc(/C=C/C(=O)O)cc6)c(S(=O)(=O)O)cc5c4)ccc3c2O)cc1.[CH3-].[K+]. The number of carboxylic acids is 3. The number of aliphatic carboxylic acids is 2. The fourth-order valence-corrected chi connectivity index (χ4v) is 17.8. The van der Waals surface area contributed by atoms with Gasteiger partial charge in [0.2, 0.25) is 0 Å². The van der Waals surface area contributed by atoms with Gasteiger partial charge in [-0.05, 0) is 262 Å². The average molecular weight is 2170 g/mol. The molecule has 0 spiro atoms. The molecule has 16 rings (SSSR count).